The lowest BCUT2D eigenvalue weighted by Gasteiger charge is -2.25. The summed E-state index contributed by atoms with van der Waals surface area (Å²) in [5.74, 6) is 3.35. The Morgan fingerprint density at radius 3 is 2.20 bits per heavy atom. The molecule has 0 atom stereocenters. The van der Waals surface area contributed by atoms with Crippen LogP contribution in [0.2, 0.25) is 0 Å². The first-order valence-corrected chi connectivity index (χ1v) is 17.2. The van der Waals surface area contributed by atoms with Crippen molar-refractivity contribution in [2.75, 3.05) is 16.5 Å². The molecule has 7 heteroatoms. The molecular formula is C43H42N6O. The normalized spacial score (nSPS) is 13.3. The molecule has 4 aromatic heterocycles. The second kappa shape index (κ2) is 11.7. The highest BCUT2D eigenvalue weighted by Gasteiger charge is 2.30. The Morgan fingerprint density at radius 1 is 0.620 bits per heavy atom. The van der Waals surface area contributed by atoms with Crippen LogP contribution in [0.25, 0.3) is 27.6 Å². The van der Waals surface area contributed by atoms with E-state index in [0.717, 1.165) is 62.2 Å². The van der Waals surface area contributed by atoms with E-state index < -0.39 is 0 Å². The summed E-state index contributed by atoms with van der Waals surface area (Å²) in [5, 5.41) is 2.34. The van der Waals surface area contributed by atoms with E-state index in [2.05, 4.69) is 147 Å². The van der Waals surface area contributed by atoms with Crippen LogP contribution >= 0.6 is 0 Å². The predicted molar refractivity (Wildman–Crippen MR) is 205 cm³/mol. The SMILES string of the molecule is Cc1cc(C(C)(C)C)cnc1N1CN(c2cccc(Oc3ccc4c5ccccc5n(-c5cc(C(C)(C)C)ccn5)c4c3)c2)c2ccncc21. The maximum Gasteiger partial charge on any atom is 0.137 e. The number of aromatic nitrogens is 4. The van der Waals surface area contributed by atoms with Crippen molar-refractivity contribution in [2.24, 2.45) is 0 Å². The summed E-state index contributed by atoms with van der Waals surface area (Å²) in [7, 11) is 0. The lowest BCUT2D eigenvalue weighted by molar-refractivity contribution is 0.483. The Morgan fingerprint density at radius 2 is 1.40 bits per heavy atom. The number of fused-ring (bicyclic) bond motifs is 4. The number of benzene rings is 3. The maximum atomic E-state index is 6.62. The molecule has 50 heavy (non-hydrogen) atoms. The van der Waals surface area contributed by atoms with Gasteiger partial charge in [-0.25, -0.2) is 9.97 Å². The van der Waals surface area contributed by atoms with Gasteiger partial charge < -0.3 is 14.5 Å². The van der Waals surface area contributed by atoms with E-state index in [1.807, 2.05) is 36.9 Å². The number of pyridine rings is 3. The number of nitrogens with zero attached hydrogens (tertiary/aromatic N) is 6. The van der Waals surface area contributed by atoms with Gasteiger partial charge in [-0.15, -0.1) is 0 Å². The molecule has 7 aromatic rings. The summed E-state index contributed by atoms with van der Waals surface area (Å²) >= 11 is 0. The van der Waals surface area contributed by atoms with Crippen LogP contribution in [0.3, 0.4) is 0 Å². The monoisotopic (exact) mass is 658 g/mol. The van der Waals surface area contributed by atoms with Gasteiger partial charge in [0, 0.05) is 47.2 Å². The first-order valence-electron chi connectivity index (χ1n) is 17.2. The molecule has 0 saturated heterocycles. The number of para-hydroxylation sites is 1. The average molecular weight is 659 g/mol. The summed E-state index contributed by atoms with van der Waals surface area (Å²) in [6.45, 7) is 16.1. The summed E-state index contributed by atoms with van der Waals surface area (Å²) in [4.78, 5) is 18.8. The van der Waals surface area contributed by atoms with Crippen molar-refractivity contribution in [1.82, 2.24) is 19.5 Å². The fourth-order valence-electron chi connectivity index (χ4n) is 6.89. The van der Waals surface area contributed by atoms with Crippen molar-refractivity contribution in [2.45, 2.75) is 59.3 Å². The van der Waals surface area contributed by atoms with Crippen molar-refractivity contribution < 1.29 is 4.74 Å². The maximum absolute atomic E-state index is 6.62. The molecule has 3 aromatic carbocycles. The third kappa shape index (κ3) is 5.53. The van der Waals surface area contributed by atoms with E-state index in [9.17, 15) is 0 Å². The number of aryl methyl sites for hydroxylation is 1. The van der Waals surface area contributed by atoms with E-state index >= 15 is 0 Å². The van der Waals surface area contributed by atoms with Gasteiger partial charge in [-0.1, -0.05) is 71.9 Å². The molecular weight excluding hydrogens is 617 g/mol. The van der Waals surface area contributed by atoms with Gasteiger partial charge in [-0.2, -0.15) is 0 Å². The highest BCUT2D eigenvalue weighted by atomic mass is 16.5. The second-order valence-corrected chi connectivity index (χ2v) is 15.3. The van der Waals surface area contributed by atoms with Crippen molar-refractivity contribution in [3.05, 3.63) is 132 Å². The Balaban J connectivity index is 1.14. The largest absolute Gasteiger partial charge is 0.457 e. The van der Waals surface area contributed by atoms with Crippen LogP contribution in [0.1, 0.15) is 58.2 Å². The van der Waals surface area contributed by atoms with Crippen LogP contribution in [-0.2, 0) is 10.8 Å². The van der Waals surface area contributed by atoms with Crippen LogP contribution in [0.15, 0.2) is 116 Å². The Labute approximate surface area is 293 Å². The molecule has 0 aliphatic carbocycles. The molecule has 0 bridgehead atoms. The molecule has 7 nitrogen and oxygen atoms in total. The highest BCUT2D eigenvalue weighted by Crippen LogP contribution is 2.45. The van der Waals surface area contributed by atoms with E-state index in [4.69, 9.17) is 14.7 Å². The molecule has 5 heterocycles. The Hall–Kier alpha value is -5.69. The van der Waals surface area contributed by atoms with Crippen molar-refractivity contribution in [3.8, 4) is 17.3 Å². The summed E-state index contributed by atoms with van der Waals surface area (Å²) in [5.41, 5.74) is 8.94. The zero-order chi connectivity index (χ0) is 34.8. The van der Waals surface area contributed by atoms with Crippen molar-refractivity contribution >= 4 is 44.7 Å². The molecule has 1 aliphatic heterocycles. The third-order valence-corrected chi connectivity index (χ3v) is 9.67. The first-order chi connectivity index (χ1) is 24.0. The Kier molecular flexibility index (Phi) is 7.40. The lowest BCUT2D eigenvalue weighted by Crippen LogP contribution is -2.25. The molecule has 0 radical (unpaired) electrons. The van der Waals surface area contributed by atoms with Gasteiger partial charge in [0.15, 0.2) is 0 Å². The molecule has 0 fully saturated rings. The Bertz CT molecular complexity index is 2400. The summed E-state index contributed by atoms with van der Waals surface area (Å²) in [6, 6.07) is 31.8. The quantitative estimate of drug-likeness (QED) is 0.183. The first kappa shape index (κ1) is 31.6. The van der Waals surface area contributed by atoms with Crippen LogP contribution in [0, 0.1) is 6.92 Å². The number of hydrogen-bond donors (Lipinski definition) is 0. The minimum absolute atomic E-state index is 0.00532. The summed E-state index contributed by atoms with van der Waals surface area (Å²) < 4.78 is 8.86. The fourth-order valence-corrected chi connectivity index (χ4v) is 6.89. The van der Waals surface area contributed by atoms with Gasteiger partial charge in [0.25, 0.3) is 0 Å². The van der Waals surface area contributed by atoms with Crippen LogP contribution < -0.4 is 14.5 Å². The lowest BCUT2D eigenvalue weighted by atomic mass is 9.87. The molecule has 0 unspecified atom stereocenters. The molecule has 0 N–H and O–H groups in total. The third-order valence-electron chi connectivity index (χ3n) is 9.67. The van der Waals surface area contributed by atoms with E-state index in [1.165, 1.54) is 16.5 Å². The molecule has 0 spiro atoms. The topological polar surface area (TPSA) is 59.3 Å². The van der Waals surface area contributed by atoms with Crippen LogP contribution in [0.5, 0.6) is 11.5 Å². The molecule has 0 amide bonds. The predicted octanol–water partition coefficient (Wildman–Crippen LogP) is 10.9. The zero-order valence-corrected chi connectivity index (χ0v) is 29.8. The summed E-state index contributed by atoms with van der Waals surface area (Å²) in [6.07, 6.45) is 7.69. The van der Waals surface area contributed by atoms with E-state index in [0.29, 0.717) is 6.67 Å². The molecule has 8 rings (SSSR count). The highest BCUT2D eigenvalue weighted by molar-refractivity contribution is 6.09. The minimum Gasteiger partial charge on any atom is -0.457 e. The van der Waals surface area contributed by atoms with Gasteiger partial charge in [-0.05, 0) is 83.0 Å². The zero-order valence-electron chi connectivity index (χ0n) is 29.8. The number of anilines is 4. The molecule has 1 aliphatic rings. The van der Waals surface area contributed by atoms with E-state index in [1.54, 1.807) is 0 Å². The van der Waals surface area contributed by atoms with Gasteiger partial charge in [-0.3, -0.25) is 9.55 Å². The number of ether oxygens (including phenoxy) is 1. The standard InChI is InChI=1S/C43H42N6O/c1-28-21-30(43(5,6)7)25-46-41(28)48-27-47(37-18-19-44-26-39(37)48)31-11-10-12-32(23-31)50-33-15-16-35-34-13-8-9-14-36(34)49(38(35)24-33)40-22-29(17-20-45-40)42(2,3)4/h8-26H,27H2,1-7H3. The van der Waals surface area contributed by atoms with Crippen molar-refractivity contribution in [1.29, 1.82) is 0 Å². The average Bonchev–Trinajstić information content (AvgIpc) is 3.64. The van der Waals surface area contributed by atoms with Crippen LogP contribution in [0.4, 0.5) is 22.9 Å². The van der Waals surface area contributed by atoms with Gasteiger partial charge in [0.05, 0.1) is 28.6 Å². The minimum atomic E-state index is 0.00532. The van der Waals surface area contributed by atoms with E-state index in [-0.39, 0.29) is 10.8 Å². The molecule has 0 saturated carbocycles. The van der Waals surface area contributed by atoms with Crippen LogP contribution in [-0.4, -0.2) is 26.2 Å². The second-order valence-electron chi connectivity index (χ2n) is 15.3. The smallest absolute Gasteiger partial charge is 0.137 e. The van der Waals surface area contributed by atoms with Crippen molar-refractivity contribution in [3.63, 3.8) is 0 Å². The molecule has 250 valence electrons. The van der Waals surface area contributed by atoms with Gasteiger partial charge in [0.1, 0.15) is 29.8 Å². The fraction of sp³-hybridized carbons (Fsp3) is 0.233. The number of rotatable bonds is 5. The van der Waals surface area contributed by atoms with Gasteiger partial charge >= 0.3 is 0 Å². The van der Waals surface area contributed by atoms with Gasteiger partial charge in [0.2, 0.25) is 0 Å². The number of hydrogen-bond acceptors (Lipinski definition) is 6.